The summed E-state index contributed by atoms with van der Waals surface area (Å²) < 4.78 is 7.49. The van der Waals surface area contributed by atoms with Gasteiger partial charge in [0.2, 0.25) is 0 Å². The zero-order valence-electron chi connectivity index (χ0n) is 16.6. The highest BCUT2D eigenvalue weighted by Crippen LogP contribution is 2.33. The molecule has 0 aliphatic carbocycles. The van der Waals surface area contributed by atoms with E-state index in [1.54, 1.807) is 7.11 Å². The van der Waals surface area contributed by atoms with Crippen molar-refractivity contribution < 1.29 is 14.6 Å². The lowest BCUT2D eigenvalue weighted by atomic mass is 9.91. The molecule has 0 amide bonds. The number of rotatable bonds is 9. The summed E-state index contributed by atoms with van der Waals surface area (Å²) in [4.78, 5) is 14.3. The fraction of sp³-hybridized carbons (Fsp3) is 0.591. The zero-order valence-corrected chi connectivity index (χ0v) is 16.6. The highest BCUT2D eigenvalue weighted by atomic mass is 16.5. The summed E-state index contributed by atoms with van der Waals surface area (Å²) in [7, 11) is 1.57. The number of unbranched alkanes of at least 4 members (excludes halogenated alkanes) is 1. The number of methoxy groups -OCH3 is 1. The van der Waals surface area contributed by atoms with Crippen LogP contribution in [0.4, 0.5) is 0 Å². The summed E-state index contributed by atoms with van der Waals surface area (Å²) in [5, 5.41) is 9.63. The van der Waals surface area contributed by atoms with E-state index in [9.17, 15) is 9.90 Å². The molecular weight excluding hydrogens is 340 g/mol. The maximum absolute atomic E-state index is 11.7. The van der Waals surface area contributed by atoms with Crippen LogP contribution in [0.3, 0.4) is 0 Å². The number of carboxylic acids is 1. The maximum Gasteiger partial charge on any atom is 0.341 e. The molecule has 0 bridgehead atoms. The third-order valence-electron chi connectivity index (χ3n) is 5.87. The van der Waals surface area contributed by atoms with E-state index >= 15 is 0 Å². The van der Waals surface area contributed by atoms with Crippen molar-refractivity contribution in [3.8, 4) is 5.75 Å². The van der Waals surface area contributed by atoms with Crippen molar-refractivity contribution in [1.82, 2.24) is 9.30 Å². The Hall–Kier alpha value is -2.01. The lowest BCUT2D eigenvalue weighted by molar-refractivity contribution is 0.0696. The van der Waals surface area contributed by atoms with Crippen LogP contribution < -0.4 is 4.74 Å². The highest BCUT2D eigenvalue weighted by molar-refractivity contribution is 6.00. The van der Waals surface area contributed by atoms with Crippen LogP contribution in [0.15, 0.2) is 24.4 Å². The van der Waals surface area contributed by atoms with E-state index in [-0.39, 0.29) is 5.56 Å². The lowest BCUT2D eigenvalue weighted by Crippen LogP contribution is -2.34. The summed E-state index contributed by atoms with van der Waals surface area (Å²) in [5.74, 6) is 0.378. The van der Waals surface area contributed by atoms with E-state index in [2.05, 4.69) is 11.8 Å². The van der Waals surface area contributed by atoms with Gasteiger partial charge in [0, 0.05) is 6.20 Å². The molecule has 1 saturated heterocycles. The number of nitrogens with zero attached hydrogens (tertiary/aromatic N) is 2. The first-order valence-electron chi connectivity index (χ1n) is 10.3. The number of carbonyl (C=O) groups is 1. The second-order valence-corrected chi connectivity index (χ2v) is 7.65. The molecular formula is C22H32N2O3. The summed E-state index contributed by atoms with van der Waals surface area (Å²) in [6.45, 7) is 5.95. The number of fused-ring (bicyclic) bond motifs is 1. The van der Waals surface area contributed by atoms with E-state index in [0.29, 0.717) is 11.3 Å². The molecule has 1 aliphatic heterocycles. The predicted molar refractivity (Wildman–Crippen MR) is 108 cm³/mol. The van der Waals surface area contributed by atoms with Gasteiger partial charge in [-0.05, 0) is 76.2 Å². The van der Waals surface area contributed by atoms with Crippen LogP contribution in [0.5, 0.6) is 5.75 Å². The minimum atomic E-state index is -0.929. The Morgan fingerprint density at radius 3 is 2.70 bits per heavy atom. The molecule has 148 valence electrons. The Bertz CT molecular complexity index is 760. The number of hydrogen-bond acceptors (Lipinski definition) is 3. The van der Waals surface area contributed by atoms with Gasteiger partial charge in [-0.1, -0.05) is 19.4 Å². The predicted octanol–water partition coefficient (Wildman–Crippen LogP) is 4.48. The molecule has 1 N–H and O–H groups in total. The first-order chi connectivity index (χ1) is 13.2. The summed E-state index contributed by atoms with van der Waals surface area (Å²) in [5.41, 5.74) is 1.96. The molecule has 0 atom stereocenters. The van der Waals surface area contributed by atoms with Crippen LogP contribution in [0, 0.1) is 5.92 Å². The fourth-order valence-corrected chi connectivity index (χ4v) is 4.35. The third kappa shape index (κ3) is 4.46. The van der Waals surface area contributed by atoms with Crippen molar-refractivity contribution >= 4 is 11.5 Å². The number of pyridine rings is 1. The third-order valence-corrected chi connectivity index (χ3v) is 5.87. The molecule has 27 heavy (non-hydrogen) atoms. The molecule has 0 unspecified atom stereocenters. The molecule has 0 spiro atoms. The monoisotopic (exact) mass is 372 g/mol. The lowest BCUT2D eigenvalue weighted by Gasteiger charge is -2.31. The van der Waals surface area contributed by atoms with Crippen LogP contribution in [0.1, 0.15) is 61.5 Å². The van der Waals surface area contributed by atoms with Gasteiger partial charge in [-0.25, -0.2) is 4.79 Å². The van der Waals surface area contributed by atoms with Crippen LogP contribution in [-0.2, 0) is 6.42 Å². The Kier molecular flexibility index (Phi) is 6.78. The quantitative estimate of drug-likeness (QED) is 0.705. The first kappa shape index (κ1) is 19.7. The molecule has 5 heteroatoms. The molecule has 1 aliphatic rings. The van der Waals surface area contributed by atoms with Crippen molar-refractivity contribution in [2.24, 2.45) is 5.92 Å². The number of aromatic nitrogens is 1. The van der Waals surface area contributed by atoms with Crippen molar-refractivity contribution in [2.45, 2.75) is 51.9 Å². The Labute approximate surface area is 161 Å². The second kappa shape index (κ2) is 9.27. The van der Waals surface area contributed by atoms with Gasteiger partial charge < -0.3 is 19.1 Å². The average Bonchev–Trinajstić information content (AvgIpc) is 3.01. The first-order valence-corrected chi connectivity index (χ1v) is 10.3. The van der Waals surface area contributed by atoms with Gasteiger partial charge >= 0.3 is 5.97 Å². The van der Waals surface area contributed by atoms with Crippen molar-refractivity contribution in [1.29, 1.82) is 0 Å². The molecule has 3 rings (SSSR count). The zero-order chi connectivity index (χ0) is 19.2. The topological polar surface area (TPSA) is 54.2 Å². The van der Waals surface area contributed by atoms with Crippen molar-refractivity contribution in [2.75, 3.05) is 26.7 Å². The van der Waals surface area contributed by atoms with E-state index in [1.165, 1.54) is 51.7 Å². The van der Waals surface area contributed by atoms with Crippen LogP contribution in [0.2, 0.25) is 0 Å². The number of carboxylic acid groups (broad SMARTS) is 1. The SMILES string of the molecule is CCCCN1CCC(CCCc2c(OC)c(C(=O)O)c3ccccn23)CC1. The largest absolute Gasteiger partial charge is 0.494 e. The Morgan fingerprint density at radius 2 is 2.04 bits per heavy atom. The number of aromatic carboxylic acids is 1. The minimum absolute atomic E-state index is 0.275. The molecule has 5 nitrogen and oxygen atoms in total. The summed E-state index contributed by atoms with van der Waals surface area (Å²) in [6.07, 6.45) is 10.2. The number of hydrogen-bond donors (Lipinski definition) is 1. The fourth-order valence-electron chi connectivity index (χ4n) is 4.35. The molecule has 2 aromatic heterocycles. The summed E-state index contributed by atoms with van der Waals surface area (Å²) >= 11 is 0. The van der Waals surface area contributed by atoms with Crippen LogP contribution >= 0.6 is 0 Å². The molecule has 1 fully saturated rings. The van der Waals surface area contributed by atoms with E-state index < -0.39 is 5.97 Å². The Balaban J connectivity index is 1.62. The normalized spacial score (nSPS) is 16.1. The number of aryl methyl sites for hydroxylation is 1. The molecule has 0 saturated carbocycles. The van der Waals surface area contributed by atoms with Gasteiger partial charge in [0.1, 0.15) is 5.56 Å². The smallest absolute Gasteiger partial charge is 0.341 e. The standard InChI is InChI=1S/C22H32N2O3/c1-3-4-13-23-15-11-17(12-16-23)8-7-10-19-21(27-2)20(22(25)26)18-9-5-6-14-24(18)19/h5-6,9,14,17H,3-4,7-8,10-13,15-16H2,1-2H3,(H,25,26). The second-order valence-electron chi connectivity index (χ2n) is 7.65. The average molecular weight is 373 g/mol. The van der Waals surface area contributed by atoms with Gasteiger partial charge in [-0.2, -0.15) is 0 Å². The van der Waals surface area contributed by atoms with Gasteiger partial charge in [0.15, 0.2) is 5.75 Å². The van der Waals surface area contributed by atoms with Crippen molar-refractivity contribution in [3.63, 3.8) is 0 Å². The minimum Gasteiger partial charge on any atom is -0.494 e. The van der Waals surface area contributed by atoms with Gasteiger partial charge in [-0.15, -0.1) is 0 Å². The van der Waals surface area contributed by atoms with Crippen molar-refractivity contribution in [3.05, 3.63) is 35.7 Å². The van der Waals surface area contributed by atoms with Gasteiger partial charge in [0.05, 0.1) is 18.3 Å². The molecule has 0 aromatic carbocycles. The summed E-state index contributed by atoms with van der Waals surface area (Å²) in [6, 6.07) is 5.66. The maximum atomic E-state index is 11.7. The van der Waals surface area contributed by atoms with Crippen LogP contribution in [0.25, 0.3) is 5.52 Å². The van der Waals surface area contributed by atoms with E-state index in [4.69, 9.17) is 4.74 Å². The molecule has 0 radical (unpaired) electrons. The van der Waals surface area contributed by atoms with Gasteiger partial charge in [0.25, 0.3) is 0 Å². The number of ether oxygens (including phenoxy) is 1. The highest BCUT2D eigenvalue weighted by Gasteiger charge is 2.24. The number of piperidine rings is 1. The van der Waals surface area contributed by atoms with E-state index in [0.717, 1.165) is 24.5 Å². The van der Waals surface area contributed by atoms with Gasteiger partial charge in [-0.3, -0.25) is 0 Å². The number of likely N-dealkylation sites (tertiary alicyclic amines) is 1. The Morgan fingerprint density at radius 1 is 1.26 bits per heavy atom. The van der Waals surface area contributed by atoms with E-state index in [1.807, 2.05) is 28.8 Å². The molecule has 2 aromatic rings. The molecule has 3 heterocycles. The van der Waals surface area contributed by atoms with Crippen LogP contribution in [-0.4, -0.2) is 47.1 Å².